The van der Waals surface area contributed by atoms with E-state index in [1.807, 2.05) is 4.90 Å². The van der Waals surface area contributed by atoms with E-state index >= 15 is 0 Å². The van der Waals surface area contributed by atoms with Crippen LogP contribution in [-0.2, 0) is 0 Å². The number of hydrogen-bond acceptors (Lipinski definition) is 4. The quantitative estimate of drug-likeness (QED) is 0.776. The predicted molar refractivity (Wildman–Crippen MR) is 80.5 cm³/mol. The molecule has 0 radical (unpaired) electrons. The van der Waals surface area contributed by atoms with E-state index < -0.39 is 5.97 Å². The van der Waals surface area contributed by atoms with Crippen LogP contribution in [0.2, 0.25) is 0 Å². The summed E-state index contributed by atoms with van der Waals surface area (Å²) in [7, 11) is 0. The Bertz CT molecular complexity index is 472. The minimum atomic E-state index is -0.934. The van der Waals surface area contributed by atoms with Gasteiger partial charge in [-0.05, 0) is 39.7 Å². The molecule has 1 heterocycles. The highest BCUT2D eigenvalue weighted by atomic mass is 16.4. The van der Waals surface area contributed by atoms with Gasteiger partial charge in [-0.1, -0.05) is 19.8 Å². The molecule has 20 heavy (non-hydrogen) atoms. The molecule has 0 aromatic carbocycles. The lowest BCUT2D eigenvalue weighted by atomic mass is 10.1. The van der Waals surface area contributed by atoms with E-state index in [0.717, 1.165) is 25.8 Å². The van der Waals surface area contributed by atoms with Crippen molar-refractivity contribution < 1.29 is 9.90 Å². The average molecular weight is 279 g/mol. The highest BCUT2D eigenvalue weighted by Gasteiger charge is 2.23. The standard InChI is InChI=1S/C15H25N3O2/c1-6-7-8-9-18(10(2)3)14-13(15(19)20)11(4)12(5)16-17-14/h10H,6-9H2,1-5H3,(H,19,20). The van der Waals surface area contributed by atoms with Crippen molar-refractivity contribution in [2.45, 2.75) is 59.9 Å². The van der Waals surface area contributed by atoms with Crippen LogP contribution in [-0.4, -0.2) is 33.9 Å². The molecule has 112 valence electrons. The number of hydrogen-bond donors (Lipinski definition) is 1. The molecule has 0 unspecified atom stereocenters. The molecule has 0 spiro atoms. The maximum Gasteiger partial charge on any atom is 0.339 e. The zero-order chi connectivity index (χ0) is 15.3. The van der Waals surface area contributed by atoms with Gasteiger partial charge in [-0.25, -0.2) is 4.79 Å². The number of unbranched alkanes of at least 4 members (excludes halogenated alkanes) is 2. The molecule has 0 aliphatic carbocycles. The monoisotopic (exact) mass is 279 g/mol. The number of rotatable bonds is 7. The summed E-state index contributed by atoms with van der Waals surface area (Å²) < 4.78 is 0. The van der Waals surface area contributed by atoms with Gasteiger partial charge < -0.3 is 10.0 Å². The molecule has 5 nitrogen and oxygen atoms in total. The Labute approximate surface area is 121 Å². The van der Waals surface area contributed by atoms with E-state index in [0.29, 0.717) is 17.1 Å². The summed E-state index contributed by atoms with van der Waals surface area (Å²) in [6.45, 7) is 10.6. The highest BCUT2D eigenvalue weighted by molar-refractivity contribution is 5.95. The summed E-state index contributed by atoms with van der Waals surface area (Å²) in [4.78, 5) is 13.6. The predicted octanol–water partition coefficient (Wildman–Crippen LogP) is 3.20. The largest absolute Gasteiger partial charge is 0.478 e. The van der Waals surface area contributed by atoms with Gasteiger partial charge >= 0.3 is 5.97 Å². The summed E-state index contributed by atoms with van der Waals surface area (Å²) in [6.07, 6.45) is 3.29. The molecule has 0 saturated heterocycles. The van der Waals surface area contributed by atoms with Crippen LogP contribution in [0, 0.1) is 13.8 Å². The first-order chi connectivity index (χ1) is 9.40. The smallest absolute Gasteiger partial charge is 0.339 e. The maximum atomic E-state index is 11.6. The number of aromatic carboxylic acids is 1. The first-order valence-corrected chi connectivity index (χ1v) is 7.23. The molecule has 0 atom stereocenters. The number of carboxylic acid groups (broad SMARTS) is 1. The molecule has 1 N–H and O–H groups in total. The van der Waals surface area contributed by atoms with Crippen LogP contribution in [0.15, 0.2) is 0 Å². The first-order valence-electron chi connectivity index (χ1n) is 7.23. The Balaban J connectivity index is 3.19. The lowest BCUT2D eigenvalue weighted by molar-refractivity contribution is 0.0696. The van der Waals surface area contributed by atoms with Crippen molar-refractivity contribution in [2.24, 2.45) is 0 Å². The molecule has 0 fully saturated rings. The van der Waals surface area contributed by atoms with Gasteiger partial charge in [0.1, 0.15) is 5.56 Å². The lowest BCUT2D eigenvalue weighted by Crippen LogP contribution is -2.34. The summed E-state index contributed by atoms with van der Waals surface area (Å²) >= 11 is 0. The molecule has 0 bridgehead atoms. The van der Waals surface area contributed by atoms with Gasteiger partial charge in [-0.3, -0.25) is 0 Å². The first kappa shape index (κ1) is 16.4. The molecule has 0 aliphatic rings. The fraction of sp³-hybridized carbons (Fsp3) is 0.667. The minimum absolute atomic E-state index is 0.196. The average Bonchev–Trinajstić information content (AvgIpc) is 2.37. The number of nitrogens with zero attached hydrogens (tertiary/aromatic N) is 3. The summed E-state index contributed by atoms with van der Waals surface area (Å²) in [5, 5.41) is 17.7. The van der Waals surface area contributed by atoms with E-state index in [1.54, 1.807) is 13.8 Å². The summed E-state index contributed by atoms with van der Waals surface area (Å²) in [5.74, 6) is -0.441. The zero-order valence-electron chi connectivity index (χ0n) is 13.1. The van der Waals surface area contributed by atoms with Crippen molar-refractivity contribution >= 4 is 11.8 Å². The molecule has 1 aromatic rings. The van der Waals surface area contributed by atoms with E-state index in [1.165, 1.54) is 0 Å². The van der Waals surface area contributed by atoms with Crippen molar-refractivity contribution in [1.29, 1.82) is 0 Å². The van der Waals surface area contributed by atoms with Crippen LogP contribution in [0.1, 0.15) is 61.6 Å². The van der Waals surface area contributed by atoms with Crippen LogP contribution in [0.25, 0.3) is 0 Å². The third-order valence-electron chi connectivity index (χ3n) is 3.55. The Morgan fingerprint density at radius 3 is 2.40 bits per heavy atom. The molecular weight excluding hydrogens is 254 g/mol. The molecule has 1 rings (SSSR count). The second-order valence-corrected chi connectivity index (χ2v) is 5.41. The van der Waals surface area contributed by atoms with Gasteiger partial charge in [0, 0.05) is 12.6 Å². The van der Waals surface area contributed by atoms with E-state index in [4.69, 9.17) is 0 Å². The van der Waals surface area contributed by atoms with Crippen LogP contribution in [0.5, 0.6) is 0 Å². The SMILES string of the molecule is CCCCCN(c1nnc(C)c(C)c1C(=O)O)C(C)C. The molecular formula is C15H25N3O2. The van der Waals surface area contributed by atoms with Crippen molar-refractivity contribution in [1.82, 2.24) is 10.2 Å². The molecule has 0 aliphatic heterocycles. The number of anilines is 1. The Kier molecular flexibility index (Phi) is 5.92. The van der Waals surface area contributed by atoms with E-state index in [-0.39, 0.29) is 11.6 Å². The van der Waals surface area contributed by atoms with Gasteiger partial charge in [0.05, 0.1) is 5.69 Å². The second-order valence-electron chi connectivity index (χ2n) is 5.41. The molecule has 0 saturated carbocycles. The Morgan fingerprint density at radius 1 is 1.25 bits per heavy atom. The van der Waals surface area contributed by atoms with Crippen LogP contribution >= 0.6 is 0 Å². The fourth-order valence-electron chi connectivity index (χ4n) is 2.19. The van der Waals surface area contributed by atoms with Gasteiger partial charge in [0.2, 0.25) is 0 Å². The van der Waals surface area contributed by atoms with Gasteiger partial charge in [-0.2, -0.15) is 5.10 Å². The van der Waals surface area contributed by atoms with Crippen LogP contribution in [0.3, 0.4) is 0 Å². The minimum Gasteiger partial charge on any atom is -0.478 e. The number of carbonyl (C=O) groups is 1. The lowest BCUT2D eigenvalue weighted by Gasteiger charge is -2.29. The van der Waals surface area contributed by atoms with Crippen molar-refractivity contribution in [2.75, 3.05) is 11.4 Å². The van der Waals surface area contributed by atoms with E-state index in [9.17, 15) is 9.90 Å². The number of carboxylic acids is 1. The third-order valence-corrected chi connectivity index (χ3v) is 3.55. The Hall–Kier alpha value is -1.65. The zero-order valence-corrected chi connectivity index (χ0v) is 13.1. The Morgan fingerprint density at radius 2 is 1.90 bits per heavy atom. The molecule has 0 amide bonds. The van der Waals surface area contributed by atoms with Gasteiger partial charge in [0.25, 0.3) is 0 Å². The van der Waals surface area contributed by atoms with Crippen molar-refractivity contribution in [3.8, 4) is 0 Å². The third kappa shape index (κ3) is 3.68. The van der Waals surface area contributed by atoms with Crippen LogP contribution < -0.4 is 4.90 Å². The van der Waals surface area contributed by atoms with Crippen molar-refractivity contribution in [3.05, 3.63) is 16.8 Å². The normalized spacial score (nSPS) is 10.9. The highest BCUT2D eigenvalue weighted by Crippen LogP contribution is 2.24. The van der Waals surface area contributed by atoms with Crippen LogP contribution in [0.4, 0.5) is 5.82 Å². The number of aromatic nitrogens is 2. The maximum absolute atomic E-state index is 11.6. The summed E-state index contributed by atoms with van der Waals surface area (Å²) in [5.41, 5.74) is 1.65. The van der Waals surface area contributed by atoms with E-state index in [2.05, 4.69) is 31.0 Å². The van der Waals surface area contributed by atoms with Gasteiger partial charge in [-0.15, -0.1) is 5.10 Å². The molecule has 5 heteroatoms. The topological polar surface area (TPSA) is 66.3 Å². The molecule has 1 aromatic heterocycles. The second kappa shape index (κ2) is 7.22. The summed E-state index contributed by atoms with van der Waals surface area (Å²) in [6, 6.07) is 0.196. The van der Waals surface area contributed by atoms with Crippen molar-refractivity contribution in [3.63, 3.8) is 0 Å². The fourth-order valence-corrected chi connectivity index (χ4v) is 2.19. The van der Waals surface area contributed by atoms with Gasteiger partial charge in [0.15, 0.2) is 5.82 Å². The number of aryl methyl sites for hydroxylation is 1.